The first-order valence-corrected chi connectivity index (χ1v) is 8.63. The third kappa shape index (κ3) is 8.28. The molecule has 3 N–H and O–H groups in total. The number of nitrogens with two attached hydrogens (primary N) is 1. The monoisotopic (exact) mass is 357 g/mol. The van der Waals surface area contributed by atoms with Crippen molar-refractivity contribution in [3.8, 4) is 0 Å². The zero-order valence-corrected chi connectivity index (χ0v) is 17.4. The average Bonchev–Trinajstić information content (AvgIpc) is 2.58. The lowest BCUT2D eigenvalue weighted by Gasteiger charge is -2.29. The van der Waals surface area contributed by atoms with Crippen LogP contribution in [-0.4, -0.2) is 39.4 Å². The molecule has 0 aliphatic rings. The summed E-state index contributed by atoms with van der Waals surface area (Å²) in [6.45, 7) is 11.5. The van der Waals surface area contributed by atoms with E-state index in [1.54, 1.807) is 7.11 Å². The molecule has 1 rings (SSSR count). The van der Waals surface area contributed by atoms with E-state index in [0.29, 0.717) is 0 Å². The third-order valence-electron chi connectivity index (χ3n) is 3.76. The molecule has 1 aromatic rings. The molecule has 0 heterocycles. The van der Waals surface area contributed by atoms with E-state index in [4.69, 9.17) is 15.9 Å². The number of benzene rings is 1. The van der Waals surface area contributed by atoms with Crippen molar-refractivity contribution in [1.29, 1.82) is 5.41 Å². The molecule has 0 amide bonds. The number of rotatable bonds is 7. The highest BCUT2D eigenvalue weighted by Gasteiger charge is 2.22. The normalized spacial score (nSPS) is 14.2. The Bertz CT molecular complexity index is 651. The summed E-state index contributed by atoms with van der Waals surface area (Å²) in [7, 11) is 5.77. The summed E-state index contributed by atoms with van der Waals surface area (Å²) < 4.78 is 5.23. The summed E-state index contributed by atoms with van der Waals surface area (Å²) in [4.78, 5) is 2.12. The molecule has 4 heteroatoms. The highest BCUT2D eigenvalue weighted by molar-refractivity contribution is 5.76. The van der Waals surface area contributed by atoms with Crippen molar-refractivity contribution < 1.29 is 4.74 Å². The minimum Gasteiger partial charge on any atom is -0.501 e. The minimum atomic E-state index is -0.395. The Labute approximate surface area is 159 Å². The maximum absolute atomic E-state index is 6.54. The van der Waals surface area contributed by atoms with Crippen LogP contribution in [0.3, 0.4) is 0 Å². The van der Waals surface area contributed by atoms with Crippen LogP contribution in [0, 0.1) is 5.41 Å². The molecule has 1 aromatic carbocycles. The molecule has 0 aromatic heterocycles. The Morgan fingerprint density at radius 3 is 2.35 bits per heavy atom. The van der Waals surface area contributed by atoms with E-state index in [-0.39, 0.29) is 0 Å². The van der Waals surface area contributed by atoms with Crippen LogP contribution < -0.4 is 5.73 Å². The van der Waals surface area contributed by atoms with Crippen LogP contribution in [0.4, 0.5) is 0 Å². The largest absolute Gasteiger partial charge is 0.501 e. The van der Waals surface area contributed by atoms with E-state index >= 15 is 0 Å². The molecule has 0 radical (unpaired) electrons. The molecule has 0 saturated heterocycles. The van der Waals surface area contributed by atoms with Crippen LogP contribution >= 0.6 is 0 Å². The summed E-state index contributed by atoms with van der Waals surface area (Å²) >= 11 is 0. The standard InChI is InChI=1S/C21H32N2O.CH3N/c1-16(2)13-19(12-11-17(3)24-7)18-9-8-10-20(14-18)21(4,22)15-23(5)6;1-2/h8-14H,15,22H2,1-7H3;2H,1H2/b17-11+,19-12+;. The molecule has 26 heavy (non-hydrogen) atoms. The van der Waals surface area contributed by atoms with Crippen LogP contribution in [0.15, 0.2) is 53.8 Å². The summed E-state index contributed by atoms with van der Waals surface area (Å²) in [6, 6.07) is 8.48. The molecule has 4 nitrogen and oxygen atoms in total. The summed E-state index contributed by atoms with van der Waals surface area (Å²) in [5.74, 6) is 0.877. The van der Waals surface area contributed by atoms with E-state index in [0.717, 1.165) is 29.0 Å². The predicted octanol–water partition coefficient (Wildman–Crippen LogP) is 4.59. The van der Waals surface area contributed by atoms with Crippen molar-refractivity contribution in [1.82, 2.24) is 4.90 Å². The zero-order chi connectivity index (χ0) is 20.3. The average molecular weight is 358 g/mol. The highest BCUT2D eigenvalue weighted by Crippen LogP contribution is 2.25. The fraction of sp³-hybridized carbons (Fsp3) is 0.409. The molecule has 144 valence electrons. The summed E-state index contributed by atoms with van der Waals surface area (Å²) in [6.07, 6.45) is 6.26. The van der Waals surface area contributed by atoms with Gasteiger partial charge < -0.3 is 20.8 Å². The number of ether oxygens (including phenoxy) is 1. The van der Waals surface area contributed by atoms with Crippen LogP contribution in [0.5, 0.6) is 0 Å². The number of hydrogen-bond donors (Lipinski definition) is 2. The van der Waals surface area contributed by atoms with E-state index in [9.17, 15) is 0 Å². The van der Waals surface area contributed by atoms with Gasteiger partial charge in [-0.2, -0.15) is 0 Å². The van der Waals surface area contributed by atoms with E-state index in [2.05, 4.69) is 68.8 Å². The Hall–Kier alpha value is -2.17. The van der Waals surface area contributed by atoms with E-state index < -0.39 is 5.54 Å². The Balaban J connectivity index is 0.00000301. The van der Waals surface area contributed by atoms with Crippen LogP contribution in [0.2, 0.25) is 0 Å². The van der Waals surface area contributed by atoms with Gasteiger partial charge in [-0.25, -0.2) is 0 Å². The first-order valence-electron chi connectivity index (χ1n) is 8.63. The molecule has 0 bridgehead atoms. The van der Waals surface area contributed by atoms with Gasteiger partial charge in [-0.15, -0.1) is 0 Å². The smallest absolute Gasteiger partial charge is 0.0924 e. The second-order valence-corrected chi connectivity index (χ2v) is 7.06. The number of hydrogen-bond acceptors (Lipinski definition) is 4. The van der Waals surface area contributed by atoms with Gasteiger partial charge in [-0.1, -0.05) is 35.9 Å². The topological polar surface area (TPSA) is 62.3 Å². The molecule has 1 atom stereocenters. The molecule has 0 spiro atoms. The highest BCUT2D eigenvalue weighted by atomic mass is 16.5. The molecule has 0 fully saturated rings. The fourth-order valence-electron chi connectivity index (χ4n) is 2.62. The number of allylic oxidation sites excluding steroid dienone is 6. The van der Waals surface area contributed by atoms with Crippen molar-refractivity contribution in [2.75, 3.05) is 27.7 Å². The maximum atomic E-state index is 6.54. The SMILES string of the molecule is C=N.CO/C(C)=C/C=C(\C=C(C)C)c1cccc(C(C)(N)CN(C)C)c1. The lowest BCUT2D eigenvalue weighted by atomic mass is 9.89. The number of nitrogens with zero attached hydrogens (tertiary/aromatic N) is 1. The van der Waals surface area contributed by atoms with Crippen molar-refractivity contribution >= 4 is 12.3 Å². The molecule has 1 unspecified atom stereocenters. The second-order valence-electron chi connectivity index (χ2n) is 7.06. The first-order chi connectivity index (χ1) is 12.2. The quantitative estimate of drug-likeness (QED) is 0.426. The van der Waals surface area contributed by atoms with Crippen LogP contribution in [-0.2, 0) is 10.3 Å². The van der Waals surface area contributed by atoms with Gasteiger partial charge in [0.05, 0.1) is 18.4 Å². The van der Waals surface area contributed by atoms with Gasteiger partial charge >= 0.3 is 0 Å². The molecule has 0 aliphatic carbocycles. The first kappa shape index (κ1) is 23.8. The van der Waals surface area contributed by atoms with Crippen molar-refractivity contribution in [2.45, 2.75) is 33.2 Å². The van der Waals surface area contributed by atoms with Gasteiger partial charge in [0.25, 0.3) is 0 Å². The van der Waals surface area contributed by atoms with Gasteiger partial charge in [-0.3, -0.25) is 0 Å². The van der Waals surface area contributed by atoms with E-state index in [1.165, 1.54) is 5.57 Å². The summed E-state index contributed by atoms with van der Waals surface area (Å²) in [5.41, 5.74) is 10.8. The predicted molar refractivity (Wildman–Crippen MR) is 115 cm³/mol. The lowest BCUT2D eigenvalue weighted by molar-refractivity contribution is 0.294. The summed E-state index contributed by atoms with van der Waals surface area (Å²) in [5, 5.41) is 5.50. The van der Waals surface area contributed by atoms with Gasteiger partial charge in [0.15, 0.2) is 0 Å². The number of nitrogens with one attached hydrogen (secondary N) is 1. The van der Waals surface area contributed by atoms with Gasteiger partial charge in [0.2, 0.25) is 0 Å². The fourth-order valence-corrected chi connectivity index (χ4v) is 2.62. The minimum absolute atomic E-state index is 0.395. The zero-order valence-electron chi connectivity index (χ0n) is 17.4. The molecule has 0 aliphatic heterocycles. The van der Waals surface area contributed by atoms with E-state index in [1.807, 2.05) is 27.1 Å². The Morgan fingerprint density at radius 2 is 1.85 bits per heavy atom. The maximum Gasteiger partial charge on any atom is 0.0924 e. The van der Waals surface area contributed by atoms with Crippen molar-refractivity contribution in [3.63, 3.8) is 0 Å². The molecular weight excluding hydrogens is 322 g/mol. The van der Waals surface area contributed by atoms with Gasteiger partial charge in [0, 0.05) is 6.54 Å². The number of methoxy groups -OCH3 is 1. The number of likely N-dealkylation sites (N-methyl/N-ethyl adjacent to an activating group) is 1. The third-order valence-corrected chi connectivity index (χ3v) is 3.76. The second kappa shape index (κ2) is 11.4. The van der Waals surface area contributed by atoms with Gasteiger partial charge in [-0.05, 0) is 77.4 Å². The van der Waals surface area contributed by atoms with Gasteiger partial charge in [0.1, 0.15) is 0 Å². The molecule has 0 saturated carbocycles. The molecular formula is C22H35N3O. The van der Waals surface area contributed by atoms with Crippen LogP contribution in [0.25, 0.3) is 5.57 Å². The van der Waals surface area contributed by atoms with Crippen molar-refractivity contribution in [3.05, 3.63) is 65.0 Å². The van der Waals surface area contributed by atoms with Crippen LogP contribution in [0.1, 0.15) is 38.8 Å². The Kier molecular flexibility index (Phi) is 10.5. The lowest BCUT2D eigenvalue weighted by Crippen LogP contribution is -2.42. The van der Waals surface area contributed by atoms with Crippen molar-refractivity contribution in [2.24, 2.45) is 5.73 Å². The Morgan fingerprint density at radius 1 is 1.23 bits per heavy atom.